The van der Waals surface area contributed by atoms with Crippen LogP contribution in [0.2, 0.25) is 0 Å². The number of aromatic nitrogens is 1. The van der Waals surface area contributed by atoms with Crippen molar-refractivity contribution in [1.82, 2.24) is 14.8 Å². The monoisotopic (exact) mass is 323 g/mol. The summed E-state index contributed by atoms with van der Waals surface area (Å²) in [5, 5.41) is 0. The SMILES string of the molecule is O=C(c1ccc(Br)cn1)N1CCN2C(=O)CCC2C1. The minimum atomic E-state index is -0.0495. The number of hydrogen-bond donors (Lipinski definition) is 0. The maximum Gasteiger partial charge on any atom is 0.272 e. The van der Waals surface area contributed by atoms with Crippen LogP contribution in [0.15, 0.2) is 22.8 Å². The molecule has 0 N–H and O–H groups in total. The van der Waals surface area contributed by atoms with E-state index in [9.17, 15) is 9.59 Å². The first-order chi connectivity index (χ1) is 9.15. The molecule has 0 bridgehead atoms. The normalized spacial score (nSPS) is 22.6. The number of piperazine rings is 1. The van der Waals surface area contributed by atoms with E-state index in [1.807, 2.05) is 11.0 Å². The molecule has 19 heavy (non-hydrogen) atoms. The Balaban J connectivity index is 1.72. The second kappa shape index (κ2) is 4.92. The van der Waals surface area contributed by atoms with Gasteiger partial charge in [0.1, 0.15) is 5.69 Å². The van der Waals surface area contributed by atoms with E-state index in [0.717, 1.165) is 10.9 Å². The molecular weight excluding hydrogens is 310 g/mol. The van der Waals surface area contributed by atoms with E-state index in [1.165, 1.54) is 0 Å². The molecule has 100 valence electrons. The number of carbonyl (C=O) groups excluding carboxylic acids is 2. The third kappa shape index (κ3) is 2.36. The van der Waals surface area contributed by atoms with Gasteiger partial charge in [-0.25, -0.2) is 4.98 Å². The summed E-state index contributed by atoms with van der Waals surface area (Å²) in [7, 11) is 0. The zero-order chi connectivity index (χ0) is 13.4. The molecule has 0 aliphatic carbocycles. The first-order valence-electron chi connectivity index (χ1n) is 6.35. The Kier molecular flexibility index (Phi) is 3.26. The fourth-order valence-corrected chi connectivity index (χ4v) is 2.95. The largest absolute Gasteiger partial charge is 0.336 e. The predicted molar refractivity (Wildman–Crippen MR) is 72.6 cm³/mol. The first kappa shape index (κ1) is 12.6. The number of fused-ring (bicyclic) bond motifs is 1. The molecule has 2 fully saturated rings. The van der Waals surface area contributed by atoms with Crippen molar-refractivity contribution in [3.63, 3.8) is 0 Å². The van der Waals surface area contributed by atoms with Crippen LogP contribution in [0.3, 0.4) is 0 Å². The Labute approximate surface area is 119 Å². The molecule has 0 saturated carbocycles. The molecule has 6 heteroatoms. The summed E-state index contributed by atoms with van der Waals surface area (Å²) in [5.41, 5.74) is 0.459. The van der Waals surface area contributed by atoms with Gasteiger partial charge in [0.05, 0.1) is 0 Å². The maximum atomic E-state index is 12.3. The number of halogens is 1. The van der Waals surface area contributed by atoms with E-state index < -0.39 is 0 Å². The van der Waals surface area contributed by atoms with Crippen molar-refractivity contribution in [3.8, 4) is 0 Å². The molecule has 2 amide bonds. The smallest absolute Gasteiger partial charge is 0.272 e. The molecule has 0 spiro atoms. The minimum absolute atomic E-state index is 0.0495. The molecule has 1 atom stereocenters. The van der Waals surface area contributed by atoms with Crippen LogP contribution < -0.4 is 0 Å². The summed E-state index contributed by atoms with van der Waals surface area (Å²) in [4.78, 5) is 31.8. The molecular formula is C13H14BrN3O2. The number of pyridine rings is 1. The number of nitrogens with zero attached hydrogens (tertiary/aromatic N) is 3. The third-order valence-corrected chi connectivity index (χ3v) is 4.20. The molecule has 2 aliphatic rings. The number of hydrogen-bond acceptors (Lipinski definition) is 3. The summed E-state index contributed by atoms with van der Waals surface area (Å²) >= 11 is 3.30. The summed E-state index contributed by atoms with van der Waals surface area (Å²) < 4.78 is 0.857. The van der Waals surface area contributed by atoms with Crippen LogP contribution in [0.5, 0.6) is 0 Å². The van der Waals surface area contributed by atoms with Crippen LogP contribution in [0, 0.1) is 0 Å². The van der Waals surface area contributed by atoms with E-state index in [4.69, 9.17) is 0 Å². The molecule has 5 nitrogen and oxygen atoms in total. The van der Waals surface area contributed by atoms with Gasteiger partial charge >= 0.3 is 0 Å². The highest BCUT2D eigenvalue weighted by Crippen LogP contribution is 2.23. The van der Waals surface area contributed by atoms with Gasteiger partial charge in [-0.15, -0.1) is 0 Å². The van der Waals surface area contributed by atoms with Gasteiger partial charge in [-0.1, -0.05) is 0 Å². The molecule has 1 aromatic heterocycles. The van der Waals surface area contributed by atoms with Crippen molar-refractivity contribution in [2.75, 3.05) is 19.6 Å². The quantitative estimate of drug-likeness (QED) is 0.782. The van der Waals surface area contributed by atoms with Gasteiger partial charge in [-0.2, -0.15) is 0 Å². The van der Waals surface area contributed by atoms with Crippen LogP contribution in [-0.4, -0.2) is 52.3 Å². The average Bonchev–Trinajstić information content (AvgIpc) is 2.80. The highest BCUT2D eigenvalue weighted by molar-refractivity contribution is 9.10. The molecule has 0 aromatic carbocycles. The minimum Gasteiger partial charge on any atom is -0.336 e. The van der Waals surface area contributed by atoms with E-state index in [1.54, 1.807) is 17.2 Å². The lowest BCUT2D eigenvalue weighted by Crippen LogP contribution is -2.53. The molecule has 3 heterocycles. The van der Waals surface area contributed by atoms with Crippen LogP contribution in [0.25, 0.3) is 0 Å². The van der Waals surface area contributed by atoms with E-state index in [0.29, 0.717) is 31.7 Å². The van der Waals surface area contributed by atoms with Crippen LogP contribution in [0.1, 0.15) is 23.3 Å². The fourth-order valence-electron chi connectivity index (χ4n) is 2.71. The number of amides is 2. The lowest BCUT2D eigenvalue weighted by Gasteiger charge is -2.37. The van der Waals surface area contributed by atoms with Gasteiger partial charge < -0.3 is 9.80 Å². The zero-order valence-corrected chi connectivity index (χ0v) is 12.0. The highest BCUT2D eigenvalue weighted by Gasteiger charge is 2.37. The maximum absolute atomic E-state index is 12.3. The topological polar surface area (TPSA) is 53.5 Å². The van der Waals surface area contributed by atoms with Gasteiger partial charge in [0, 0.05) is 42.8 Å². The van der Waals surface area contributed by atoms with Crippen molar-refractivity contribution in [2.45, 2.75) is 18.9 Å². The zero-order valence-electron chi connectivity index (χ0n) is 10.4. The van der Waals surface area contributed by atoms with Gasteiger partial charge in [-0.3, -0.25) is 9.59 Å². The Hall–Kier alpha value is -1.43. The molecule has 2 saturated heterocycles. The first-order valence-corrected chi connectivity index (χ1v) is 7.15. The standard InChI is InChI=1S/C13H14BrN3O2/c14-9-1-3-11(15-7-9)13(19)16-5-6-17-10(8-16)2-4-12(17)18/h1,3,7,10H,2,4-6,8H2. The average molecular weight is 324 g/mol. The Morgan fingerprint density at radius 3 is 2.95 bits per heavy atom. The van der Waals surface area contributed by atoms with Crippen LogP contribution in [-0.2, 0) is 4.79 Å². The summed E-state index contributed by atoms with van der Waals surface area (Å²) in [6.07, 6.45) is 3.10. The van der Waals surface area contributed by atoms with Crippen molar-refractivity contribution >= 4 is 27.7 Å². The third-order valence-electron chi connectivity index (χ3n) is 3.73. The molecule has 2 aliphatic heterocycles. The lowest BCUT2D eigenvalue weighted by atomic mass is 10.1. The summed E-state index contributed by atoms with van der Waals surface area (Å²) in [5.74, 6) is 0.172. The van der Waals surface area contributed by atoms with Gasteiger partial charge in [0.2, 0.25) is 5.91 Å². The van der Waals surface area contributed by atoms with Gasteiger partial charge in [0.15, 0.2) is 0 Å². The van der Waals surface area contributed by atoms with Crippen molar-refractivity contribution in [1.29, 1.82) is 0 Å². The van der Waals surface area contributed by atoms with Crippen molar-refractivity contribution in [3.05, 3.63) is 28.5 Å². The molecule has 1 unspecified atom stereocenters. The van der Waals surface area contributed by atoms with E-state index in [2.05, 4.69) is 20.9 Å². The molecule has 3 rings (SSSR count). The van der Waals surface area contributed by atoms with Crippen molar-refractivity contribution in [2.24, 2.45) is 0 Å². The predicted octanol–water partition coefficient (Wildman–Crippen LogP) is 1.29. The summed E-state index contributed by atoms with van der Waals surface area (Å²) in [6, 6.07) is 3.73. The Bertz CT molecular complexity index is 517. The summed E-state index contributed by atoms with van der Waals surface area (Å²) in [6.45, 7) is 1.87. The second-order valence-corrected chi connectivity index (χ2v) is 5.81. The van der Waals surface area contributed by atoms with Gasteiger partial charge in [0.25, 0.3) is 5.91 Å². The molecule has 0 radical (unpaired) electrons. The van der Waals surface area contributed by atoms with E-state index >= 15 is 0 Å². The Morgan fingerprint density at radius 1 is 1.37 bits per heavy atom. The number of rotatable bonds is 1. The lowest BCUT2D eigenvalue weighted by molar-refractivity contribution is -0.130. The van der Waals surface area contributed by atoms with E-state index in [-0.39, 0.29) is 17.9 Å². The highest BCUT2D eigenvalue weighted by atomic mass is 79.9. The second-order valence-electron chi connectivity index (χ2n) is 4.89. The fraction of sp³-hybridized carbons (Fsp3) is 0.462. The van der Waals surface area contributed by atoms with Gasteiger partial charge in [-0.05, 0) is 34.5 Å². The van der Waals surface area contributed by atoms with Crippen molar-refractivity contribution < 1.29 is 9.59 Å². The Morgan fingerprint density at radius 2 is 2.21 bits per heavy atom. The van der Waals surface area contributed by atoms with Crippen LogP contribution in [0.4, 0.5) is 0 Å². The molecule has 1 aromatic rings. The number of carbonyl (C=O) groups is 2. The van der Waals surface area contributed by atoms with Crippen LogP contribution >= 0.6 is 15.9 Å².